The molecular formula is C12H15Cl3. The highest BCUT2D eigenvalue weighted by Crippen LogP contribution is 2.25. The lowest BCUT2D eigenvalue weighted by atomic mass is 9.97. The first-order valence-corrected chi connectivity index (χ1v) is 6.26. The molecule has 0 spiro atoms. The summed E-state index contributed by atoms with van der Waals surface area (Å²) in [6, 6.07) is 5.65. The van der Waals surface area contributed by atoms with Crippen LogP contribution in [0.1, 0.15) is 25.8 Å². The first-order valence-electron chi connectivity index (χ1n) is 5.07. The van der Waals surface area contributed by atoms with Crippen LogP contribution in [0, 0.1) is 5.92 Å². The number of halogens is 3. The Bertz CT molecular complexity index is 321. The van der Waals surface area contributed by atoms with E-state index in [0.29, 0.717) is 10.9 Å². The molecule has 0 aliphatic heterocycles. The van der Waals surface area contributed by atoms with Crippen molar-refractivity contribution in [3.05, 3.63) is 33.8 Å². The number of hydrogen-bond donors (Lipinski definition) is 0. The third-order valence-corrected chi connectivity index (χ3v) is 3.08. The zero-order chi connectivity index (χ0) is 11.4. The molecule has 1 aromatic rings. The first kappa shape index (κ1) is 13.2. The van der Waals surface area contributed by atoms with Crippen LogP contribution in [0.3, 0.4) is 0 Å². The number of alkyl halides is 1. The maximum atomic E-state index is 6.09. The Morgan fingerprint density at radius 1 is 1.20 bits per heavy atom. The predicted octanol–water partition coefficient (Wildman–Crippen LogP) is 5.19. The Morgan fingerprint density at radius 2 is 1.87 bits per heavy atom. The summed E-state index contributed by atoms with van der Waals surface area (Å²) in [6.07, 6.45) is 1.95. The fourth-order valence-corrected chi connectivity index (χ4v) is 2.49. The van der Waals surface area contributed by atoms with Gasteiger partial charge in [0.15, 0.2) is 0 Å². The minimum atomic E-state index is 0.214. The predicted molar refractivity (Wildman–Crippen MR) is 69.3 cm³/mol. The van der Waals surface area contributed by atoms with Crippen molar-refractivity contribution >= 4 is 34.8 Å². The van der Waals surface area contributed by atoms with Gasteiger partial charge in [0.1, 0.15) is 0 Å². The Hall–Kier alpha value is 0.0900. The van der Waals surface area contributed by atoms with E-state index in [1.807, 2.05) is 19.1 Å². The van der Waals surface area contributed by atoms with E-state index in [-0.39, 0.29) is 5.38 Å². The summed E-state index contributed by atoms with van der Waals surface area (Å²) in [6.45, 7) is 4.20. The van der Waals surface area contributed by atoms with E-state index in [1.165, 1.54) is 0 Å². The minimum Gasteiger partial charge on any atom is -0.123 e. The Morgan fingerprint density at radius 3 is 2.40 bits per heavy atom. The molecule has 0 heterocycles. The van der Waals surface area contributed by atoms with Gasteiger partial charge in [-0.25, -0.2) is 0 Å². The Labute approximate surface area is 107 Å². The van der Waals surface area contributed by atoms with Crippen LogP contribution < -0.4 is 0 Å². The van der Waals surface area contributed by atoms with Crippen molar-refractivity contribution in [3.63, 3.8) is 0 Å². The van der Waals surface area contributed by atoms with Gasteiger partial charge in [0.05, 0.1) is 0 Å². The number of rotatable bonds is 4. The average Bonchev–Trinajstić information content (AvgIpc) is 2.08. The van der Waals surface area contributed by atoms with Gasteiger partial charge < -0.3 is 0 Å². The quantitative estimate of drug-likeness (QED) is 0.657. The van der Waals surface area contributed by atoms with Crippen molar-refractivity contribution in [1.29, 1.82) is 0 Å². The van der Waals surface area contributed by atoms with Gasteiger partial charge in [0.2, 0.25) is 0 Å². The van der Waals surface area contributed by atoms with Gasteiger partial charge in [-0.05, 0) is 43.4 Å². The summed E-state index contributed by atoms with van der Waals surface area (Å²) in [7, 11) is 0. The molecule has 0 nitrogen and oxygen atoms in total. The molecule has 0 bridgehead atoms. The fourth-order valence-electron chi connectivity index (χ4n) is 1.70. The maximum absolute atomic E-state index is 6.09. The van der Waals surface area contributed by atoms with Crippen molar-refractivity contribution in [2.75, 3.05) is 0 Å². The van der Waals surface area contributed by atoms with Gasteiger partial charge in [-0.3, -0.25) is 0 Å². The van der Waals surface area contributed by atoms with Gasteiger partial charge in [-0.2, -0.15) is 0 Å². The molecule has 0 saturated carbocycles. The smallest absolute Gasteiger partial charge is 0.0452 e. The molecule has 0 radical (unpaired) electrons. The summed E-state index contributed by atoms with van der Waals surface area (Å²) >= 11 is 17.9. The van der Waals surface area contributed by atoms with Crippen molar-refractivity contribution < 1.29 is 0 Å². The normalized spacial score (nSPS) is 15.0. The molecule has 84 valence electrons. The molecule has 3 heteroatoms. The highest BCUT2D eigenvalue weighted by atomic mass is 35.5. The van der Waals surface area contributed by atoms with Crippen LogP contribution in [0.2, 0.25) is 10.0 Å². The van der Waals surface area contributed by atoms with Crippen LogP contribution in [-0.2, 0) is 6.42 Å². The highest BCUT2D eigenvalue weighted by molar-refractivity contribution is 6.35. The molecule has 2 unspecified atom stereocenters. The largest absolute Gasteiger partial charge is 0.123 e. The van der Waals surface area contributed by atoms with Gasteiger partial charge in [-0.15, -0.1) is 11.6 Å². The first-order chi connectivity index (χ1) is 6.99. The van der Waals surface area contributed by atoms with E-state index in [1.54, 1.807) is 6.07 Å². The molecule has 0 fully saturated rings. The van der Waals surface area contributed by atoms with Gasteiger partial charge in [-0.1, -0.05) is 36.2 Å². The molecule has 1 rings (SSSR count). The third kappa shape index (κ3) is 4.63. The zero-order valence-electron chi connectivity index (χ0n) is 8.93. The summed E-state index contributed by atoms with van der Waals surface area (Å²) in [5.74, 6) is 0.538. The molecule has 2 atom stereocenters. The van der Waals surface area contributed by atoms with Crippen LogP contribution in [0.5, 0.6) is 0 Å². The Balaban J connectivity index is 2.64. The zero-order valence-corrected chi connectivity index (χ0v) is 11.2. The summed E-state index contributed by atoms with van der Waals surface area (Å²) in [5, 5.41) is 1.64. The standard InChI is InChI=1S/C12H15Cl3/c1-8(5-9(2)13)6-10-3-4-11(14)7-12(10)15/h3-4,7-9H,5-6H2,1-2H3. The second-order valence-corrected chi connectivity index (χ2v) is 5.65. The molecule has 0 aliphatic rings. The lowest BCUT2D eigenvalue weighted by Crippen LogP contribution is -2.05. The summed E-state index contributed by atoms with van der Waals surface area (Å²) in [4.78, 5) is 0. The van der Waals surface area contributed by atoms with Crippen LogP contribution >= 0.6 is 34.8 Å². The molecule has 1 aromatic carbocycles. The minimum absolute atomic E-state index is 0.214. The lowest BCUT2D eigenvalue weighted by Gasteiger charge is -2.13. The average molecular weight is 266 g/mol. The van der Waals surface area contributed by atoms with Gasteiger partial charge in [0.25, 0.3) is 0 Å². The van der Waals surface area contributed by atoms with Crippen LogP contribution in [0.15, 0.2) is 18.2 Å². The molecular weight excluding hydrogens is 250 g/mol. The molecule has 0 aliphatic carbocycles. The molecule has 0 saturated heterocycles. The maximum Gasteiger partial charge on any atom is 0.0452 e. The number of benzene rings is 1. The van der Waals surface area contributed by atoms with E-state index >= 15 is 0 Å². The van der Waals surface area contributed by atoms with E-state index in [0.717, 1.165) is 23.4 Å². The molecule has 15 heavy (non-hydrogen) atoms. The second-order valence-electron chi connectivity index (χ2n) is 4.06. The van der Waals surface area contributed by atoms with Gasteiger partial charge >= 0.3 is 0 Å². The van der Waals surface area contributed by atoms with Crippen molar-refractivity contribution in [3.8, 4) is 0 Å². The van der Waals surface area contributed by atoms with Crippen LogP contribution in [-0.4, -0.2) is 5.38 Å². The van der Waals surface area contributed by atoms with Crippen molar-refractivity contribution in [1.82, 2.24) is 0 Å². The van der Waals surface area contributed by atoms with E-state index in [2.05, 4.69) is 6.92 Å². The third-order valence-electron chi connectivity index (χ3n) is 2.31. The topological polar surface area (TPSA) is 0 Å². The van der Waals surface area contributed by atoms with Gasteiger partial charge in [0, 0.05) is 15.4 Å². The summed E-state index contributed by atoms with van der Waals surface area (Å²) in [5.41, 5.74) is 1.14. The van der Waals surface area contributed by atoms with E-state index in [4.69, 9.17) is 34.8 Å². The van der Waals surface area contributed by atoms with Crippen molar-refractivity contribution in [2.24, 2.45) is 5.92 Å². The van der Waals surface area contributed by atoms with Crippen LogP contribution in [0.25, 0.3) is 0 Å². The second kappa shape index (κ2) is 5.98. The molecule has 0 aromatic heterocycles. The monoisotopic (exact) mass is 264 g/mol. The van der Waals surface area contributed by atoms with E-state index in [9.17, 15) is 0 Å². The number of hydrogen-bond acceptors (Lipinski definition) is 0. The Kier molecular flexibility index (Phi) is 5.25. The van der Waals surface area contributed by atoms with Crippen LogP contribution in [0.4, 0.5) is 0 Å². The SMILES string of the molecule is CC(Cl)CC(C)Cc1ccc(Cl)cc1Cl. The summed E-state index contributed by atoms with van der Waals surface area (Å²) < 4.78 is 0. The van der Waals surface area contributed by atoms with E-state index < -0.39 is 0 Å². The van der Waals surface area contributed by atoms with Crippen molar-refractivity contribution in [2.45, 2.75) is 32.1 Å². The molecule has 0 N–H and O–H groups in total. The highest BCUT2D eigenvalue weighted by Gasteiger charge is 2.09. The molecule has 0 amide bonds. The lowest BCUT2D eigenvalue weighted by molar-refractivity contribution is 0.526. The fraction of sp³-hybridized carbons (Fsp3) is 0.500.